The van der Waals surface area contributed by atoms with Gasteiger partial charge < -0.3 is 5.32 Å². The summed E-state index contributed by atoms with van der Waals surface area (Å²) in [5.41, 5.74) is 4.07. The molecule has 2 heteroatoms. The molecule has 0 bridgehead atoms. The molecule has 0 fully saturated rings. The van der Waals surface area contributed by atoms with Gasteiger partial charge in [0.1, 0.15) is 6.07 Å². The molecule has 2 aromatic carbocycles. The van der Waals surface area contributed by atoms with Gasteiger partial charge in [-0.25, -0.2) is 0 Å². The van der Waals surface area contributed by atoms with Gasteiger partial charge in [-0.2, -0.15) is 5.26 Å². The van der Waals surface area contributed by atoms with Crippen LogP contribution < -0.4 is 5.32 Å². The molecule has 0 aliphatic rings. The first-order valence-corrected chi connectivity index (χ1v) is 6.83. The maximum absolute atomic E-state index is 9.17. The molecule has 0 atom stereocenters. The summed E-state index contributed by atoms with van der Waals surface area (Å²) in [6.45, 7) is 7.23. The van der Waals surface area contributed by atoms with Crippen LogP contribution in [0.3, 0.4) is 0 Å². The molecule has 1 N–H and O–H groups in total. The highest BCUT2D eigenvalue weighted by Crippen LogP contribution is 2.25. The predicted molar refractivity (Wildman–Crippen MR) is 83.9 cm³/mol. The van der Waals surface area contributed by atoms with Crippen LogP contribution in [0.25, 0.3) is 0 Å². The molecule has 102 valence electrons. The van der Waals surface area contributed by atoms with Crippen LogP contribution in [0, 0.1) is 18.3 Å². The van der Waals surface area contributed by atoms with Crippen molar-refractivity contribution in [2.45, 2.75) is 26.2 Å². The largest absolute Gasteiger partial charge is 0.383 e. The third-order valence-corrected chi connectivity index (χ3v) is 3.57. The van der Waals surface area contributed by atoms with Gasteiger partial charge in [-0.05, 0) is 30.2 Å². The molecule has 2 rings (SSSR count). The standard InChI is InChI=1S/C18H20N2/c1-14-9-10-15(12-19)17(11-14)20-13-18(2,3)16-7-5-4-6-8-16/h4-11,20H,13H2,1-3H3. The van der Waals surface area contributed by atoms with Gasteiger partial charge in [0.25, 0.3) is 0 Å². The quantitative estimate of drug-likeness (QED) is 0.895. The van der Waals surface area contributed by atoms with Crippen LogP contribution in [0.15, 0.2) is 48.5 Å². The Hall–Kier alpha value is -2.27. The fraction of sp³-hybridized carbons (Fsp3) is 0.278. The monoisotopic (exact) mass is 264 g/mol. The van der Waals surface area contributed by atoms with E-state index in [2.05, 4.69) is 49.5 Å². The number of benzene rings is 2. The second kappa shape index (κ2) is 5.79. The fourth-order valence-electron chi connectivity index (χ4n) is 2.21. The average molecular weight is 264 g/mol. The van der Waals surface area contributed by atoms with E-state index in [1.54, 1.807) is 0 Å². The van der Waals surface area contributed by atoms with Crippen LogP contribution in [0.2, 0.25) is 0 Å². The third kappa shape index (κ3) is 3.19. The lowest BCUT2D eigenvalue weighted by Gasteiger charge is -2.26. The van der Waals surface area contributed by atoms with E-state index in [-0.39, 0.29) is 5.41 Å². The lowest BCUT2D eigenvalue weighted by molar-refractivity contribution is 0.557. The number of nitrogens with zero attached hydrogens (tertiary/aromatic N) is 1. The summed E-state index contributed by atoms with van der Waals surface area (Å²) in [5.74, 6) is 0. The minimum Gasteiger partial charge on any atom is -0.383 e. The Labute approximate surface area is 121 Å². The predicted octanol–water partition coefficient (Wildman–Crippen LogP) is 4.26. The number of nitrogens with one attached hydrogen (secondary N) is 1. The van der Waals surface area contributed by atoms with Crippen LogP contribution in [0.1, 0.15) is 30.5 Å². The number of rotatable bonds is 4. The van der Waals surface area contributed by atoms with Crippen molar-refractivity contribution in [1.82, 2.24) is 0 Å². The van der Waals surface area contributed by atoms with Crippen molar-refractivity contribution in [3.63, 3.8) is 0 Å². The smallest absolute Gasteiger partial charge is 0.101 e. The van der Waals surface area contributed by atoms with E-state index in [0.29, 0.717) is 5.56 Å². The highest BCUT2D eigenvalue weighted by molar-refractivity contribution is 5.59. The van der Waals surface area contributed by atoms with Gasteiger partial charge >= 0.3 is 0 Å². The lowest BCUT2D eigenvalue weighted by Crippen LogP contribution is -2.27. The second-order valence-corrected chi connectivity index (χ2v) is 5.76. The summed E-state index contributed by atoms with van der Waals surface area (Å²) in [6.07, 6.45) is 0. The van der Waals surface area contributed by atoms with Crippen LogP contribution in [-0.2, 0) is 5.41 Å². The highest BCUT2D eigenvalue weighted by atomic mass is 14.9. The zero-order chi connectivity index (χ0) is 14.6. The van der Waals surface area contributed by atoms with E-state index in [1.807, 2.05) is 31.2 Å². The van der Waals surface area contributed by atoms with E-state index in [0.717, 1.165) is 17.8 Å². The molecular weight excluding hydrogens is 244 g/mol. The Balaban J connectivity index is 2.17. The van der Waals surface area contributed by atoms with Gasteiger partial charge in [0.05, 0.1) is 11.3 Å². The first kappa shape index (κ1) is 14.1. The van der Waals surface area contributed by atoms with Gasteiger partial charge in [-0.15, -0.1) is 0 Å². The average Bonchev–Trinajstić information content (AvgIpc) is 2.46. The molecule has 0 amide bonds. The number of hydrogen-bond acceptors (Lipinski definition) is 2. The Bertz CT molecular complexity index is 622. The lowest BCUT2D eigenvalue weighted by atomic mass is 9.84. The molecule has 0 aromatic heterocycles. The van der Waals surface area contributed by atoms with E-state index in [9.17, 15) is 0 Å². The molecular formula is C18H20N2. The SMILES string of the molecule is Cc1ccc(C#N)c(NCC(C)(C)c2ccccc2)c1. The van der Waals surface area contributed by atoms with Gasteiger partial charge in [-0.1, -0.05) is 50.2 Å². The number of aryl methyl sites for hydroxylation is 1. The molecule has 0 heterocycles. The van der Waals surface area contributed by atoms with Crippen molar-refractivity contribution in [2.24, 2.45) is 0 Å². The summed E-state index contributed by atoms with van der Waals surface area (Å²) in [5, 5.41) is 12.6. The zero-order valence-electron chi connectivity index (χ0n) is 12.3. The first-order valence-electron chi connectivity index (χ1n) is 6.83. The minimum absolute atomic E-state index is 0.0116. The van der Waals surface area contributed by atoms with Crippen molar-refractivity contribution >= 4 is 5.69 Å². The third-order valence-electron chi connectivity index (χ3n) is 3.57. The highest BCUT2D eigenvalue weighted by Gasteiger charge is 2.20. The van der Waals surface area contributed by atoms with Crippen LogP contribution in [0.4, 0.5) is 5.69 Å². The molecule has 2 nitrogen and oxygen atoms in total. The van der Waals surface area contributed by atoms with Crippen LogP contribution in [-0.4, -0.2) is 6.54 Å². The summed E-state index contributed by atoms with van der Waals surface area (Å²) in [7, 11) is 0. The molecule has 2 aromatic rings. The van der Waals surface area contributed by atoms with Crippen molar-refractivity contribution in [1.29, 1.82) is 5.26 Å². The van der Waals surface area contributed by atoms with Crippen molar-refractivity contribution in [3.8, 4) is 6.07 Å². The number of nitriles is 1. The molecule has 0 saturated heterocycles. The van der Waals surface area contributed by atoms with E-state index in [1.165, 1.54) is 5.56 Å². The normalized spacial score (nSPS) is 10.9. The molecule has 0 aliphatic carbocycles. The Morgan fingerprint density at radius 1 is 1.10 bits per heavy atom. The van der Waals surface area contributed by atoms with Crippen molar-refractivity contribution in [3.05, 3.63) is 65.2 Å². The Morgan fingerprint density at radius 2 is 1.80 bits per heavy atom. The van der Waals surface area contributed by atoms with E-state index >= 15 is 0 Å². The number of hydrogen-bond donors (Lipinski definition) is 1. The van der Waals surface area contributed by atoms with Crippen LogP contribution >= 0.6 is 0 Å². The second-order valence-electron chi connectivity index (χ2n) is 5.76. The molecule has 0 spiro atoms. The first-order chi connectivity index (χ1) is 9.53. The molecule has 0 unspecified atom stereocenters. The molecule has 20 heavy (non-hydrogen) atoms. The maximum Gasteiger partial charge on any atom is 0.101 e. The van der Waals surface area contributed by atoms with Gasteiger partial charge in [0.2, 0.25) is 0 Å². The molecule has 0 aliphatic heterocycles. The Kier molecular flexibility index (Phi) is 4.10. The van der Waals surface area contributed by atoms with E-state index in [4.69, 9.17) is 5.26 Å². The summed E-state index contributed by atoms with van der Waals surface area (Å²) in [4.78, 5) is 0. The summed E-state index contributed by atoms with van der Waals surface area (Å²) >= 11 is 0. The van der Waals surface area contributed by atoms with Crippen LogP contribution in [0.5, 0.6) is 0 Å². The topological polar surface area (TPSA) is 35.8 Å². The zero-order valence-corrected chi connectivity index (χ0v) is 12.3. The van der Waals surface area contributed by atoms with E-state index < -0.39 is 0 Å². The van der Waals surface area contributed by atoms with Gasteiger partial charge in [-0.3, -0.25) is 0 Å². The fourth-order valence-corrected chi connectivity index (χ4v) is 2.21. The number of anilines is 1. The van der Waals surface area contributed by atoms with Gasteiger partial charge in [0.15, 0.2) is 0 Å². The summed E-state index contributed by atoms with van der Waals surface area (Å²) < 4.78 is 0. The molecule has 0 radical (unpaired) electrons. The summed E-state index contributed by atoms with van der Waals surface area (Å²) in [6, 6.07) is 18.5. The molecule has 0 saturated carbocycles. The Morgan fingerprint density at radius 3 is 2.45 bits per heavy atom. The maximum atomic E-state index is 9.17. The minimum atomic E-state index is 0.0116. The van der Waals surface area contributed by atoms with Gasteiger partial charge in [0, 0.05) is 12.0 Å². The van der Waals surface area contributed by atoms with Crippen molar-refractivity contribution in [2.75, 3.05) is 11.9 Å². The van der Waals surface area contributed by atoms with Crippen molar-refractivity contribution < 1.29 is 0 Å².